The molecule has 10 heteroatoms. The summed E-state index contributed by atoms with van der Waals surface area (Å²) in [5.41, 5.74) is 8.16. The van der Waals surface area contributed by atoms with E-state index < -0.39 is 55.3 Å². The normalized spacial score (nSPS) is 18.6. The van der Waals surface area contributed by atoms with Crippen molar-refractivity contribution in [3.8, 4) is 11.5 Å². The van der Waals surface area contributed by atoms with E-state index in [2.05, 4.69) is 10.1 Å². The van der Waals surface area contributed by atoms with Crippen LogP contribution >= 0.6 is 0 Å². The maximum atomic E-state index is 13.0. The molecule has 7 nitrogen and oxygen atoms in total. The van der Waals surface area contributed by atoms with Crippen molar-refractivity contribution >= 4 is 11.6 Å². The Morgan fingerprint density at radius 1 is 1.25 bits per heavy atom. The molecule has 198 valence electrons. The lowest BCUT2D eigenvalue weighted by atomic mass is 9.98. The second-order valence-corrected chi connectivity index (χ2v) is 8.62. The van der Waals surface area contributed by atoms with Crippen molar-refractivity contribution in [2.24, 2.45) is 5.73 Å². The number of hydrogen-bond acceptors (Lipinski definition) is 6. The van der Waals surface area contributed by atoms with Crippen LogP contribution in [0.3, 0.4) is 0 Å². The number of primary amides is 1. The Balaban J connectivity index is 1.76. The van der Waals surface area contributed by atoms with Gasteiger partial charge in [-0.05, 0) is 62.4 Å². The zero-order valence-corrected chi connectivity index (χ0v) is 20.0. The number of nitrogens with one attached hydrogen (secondary N) is 1. The number of rotatable bonds is 13. The molecule has 2 atom stereocenters. The number of benzene rings is 2. The molecule has 3 rings (SSSR count). The summed E-state index contributed by atoms with van der Waals surface area (Å²) >= 11 is 0. The first-order valence-electron chi connectivity index (χ1n) is 14.4. The summed E-state index contributed by atoms with van der Waals surface area (Å²) < 4.78 is 96.0. The number of hydrogen-bond donors (Lipinski definition) is 3. The van der Waals surface area contributed by atoms with Crippen LogP contribution in [0.15, 0.2) is 36.4 Å². The van der Waals surface area contributed by atoms with E-state index in [1.807, 2.05) is 11.0 Å². The van der Waals surface area contributed by atoms with Crippen molar-refractivity contribution in [3.05, 3.63) is 53.1 Å². The van der Waals surface area contributed by atoms with Crippen LogP contribution in [0.25, 0.3) is 0 Å². The fourth-order valence-electron chi connectivity index (χ4n) is 3.93. The Bertz CT molecular complexity index is 1280. The first-order valence-corrected chi connectivity index (χ1v) is 11.4. The van der Waals surface area contributed by atoms with Gasteiger partial charge in [-0.25, -0.2) is 0 Å². The van der Waals surface area contributed by atoms with Gasteiger partial charge in [0.15, 0.2) is 18.1 Å². The van der Waals surface area contributed by atoms with E-state index in [4.69, 9.17) is 18.7 Å². The van der Waals surface area contributed by atoms with Gasteiger partial charge >= 0.3 is 6.18 Å². The quantitative estimate of drug-likeness (QED) is 0.378. The predicted octanol–water partition coefficient (Wildman–Crippen LogP) is 3.46. The van der Waals surface area contributed by atoms with E-state index in [0.29, 0.717) is 37.2 Å². The molecule has 0 aliphatic carbocycles. The number of carbonyl (C=O) groups excluding carboxylic acids is 1. The lowest BCUT2D eigenvalue weighted by Gasteiger charge is -2.23. The molecule has 0 saturated carbocycles. The maximum Gasteiger partial charge on any atom is 0.422 e. The Morgan fingerprint density at radius 3 is 2.58 bits per heavy atom. The summed E-state index contributed by atoms with van der Waals surface area (Å²) in [6.07, 6.45) is -4.61. The minimum Gasteiger partial charge on any atom is -0.488 e. The zero-order chi connectivity index (χ0) is 31.7. The Kier molecular flexibility index (Phi) is 6.88. The van der Waals surface area contributed by atoms with Crippen LogP contribution in [0.2, 0.25) is 0 Å². The van der Waals surface area contributed by atoms with Gasteiger partial charge < -0.3 is 30.5 Å². The van der Waals surface area contributed by atoms with Gasteiger partial charge in [-0.1, -0.05) is 18.2 Å². The molecule has 0 aromatic heterocycles. The monoisotopic (exact) mass is 515 g/mol. The van der Waals surface area contributed by atoms with Crippen LogP contribution < -0.4 is 25.4 Å². The van der Waals surface area contributed by atoms with Gasteiger partial charge in [-0.2, -0.15) is 13.2 Å². The number of aliphatic hydroxyl groups excluding tert-OH is 1. The Labute approximate surface area is 217 Å². The first-order chi connectivity index (χ1) is 19.2. The molecule has 0 radical (unpaired) electrons. The number of para-hydroxylation sites is 2. The van der Waals surface area contributed by atoms with Crippen LogP contribution in [-0.2, 0) is 12.8 Å². The number of alkyl halides is 3. The molecule has 0 bridgehead atoms. The molecule has 2 aromatic rings. The average molecular weight is 516 g/mol. The molecule has 1 aliphatic heterocycles. The van der Waals surface area contributed by atoms with E-state index in [1.54, 1.807) is 19.9 Å². The molecule has 0 saturated heterocycles. The third-order valence-corrected chi connectivity index (χ3v) is 5.50. The van der Waals surface area contributed by atoms with E-state index in [1.165, 1.54) is 12.1 Å². The summed E-state index contributed by atoms with van der Waals surface area (Å²) in [4.78, 5) is 14.3. The molecule has 0 spiro atoms. The number of amides is 1. The van der Waals surface area contributed by atoms with Crippen LogP contribution in [-0.4, -0.2) is 62.0 Å². The van der Waals surface area contributed by atoms with Crippen molar-refractivity contribution < 1.29 is 40.8 Å². The van der Waals surface area contributed by atoms with Gasteiger partial charge in [0.1, 0.15) is 6.56 Å². The second kappa shape index (κ2) is 12.3. The van der Waals surface area contributed by atoms with E-state index in [0.717, 1.165) is 17.7 Å². The summed E-state index contributed by atoms with van der Waals surface area (Å²) in [6, 6.07) is 7.21. The highest BCUT2D eigenvalue weighted by Gasteiger charge is 2.29. The van der Waals surface area contributed by atoms with Gasteiger partial charge in [0.2, 0.25) is 0 Å². The maximum absolute atomic E-state index is 13.0. The third-order valence-electron chi connectivity index (χ3n) is 5.50. The molecule has 1 heterocycles. The molecule has 2 aromatic carbocycles. The van der Waals surface area contributed by atoms with E-state index in [-0.39, 0.29) is 12.0 Å². The van der Waals surface area contributed by atoms with Crippen molar-refractivity contribution in [1.82, 2.24) is 5.32 Å². The number of carbonyl (C=O) groups is 1. The highest BCUT2D eigenvalue weighted by molar-refractivity contribution is 6.00. The number of anilines is 1. The molecule has 36 heavy (non-hydrogen) atoms. The van der Waals surface area contributed by atoms with Crippen molar-refractivity contribution in [2.75, 3.05) is 37.6 Å². The van der Waals surface area contributed by atoms with Crippen molar-refractivity contribution in [3.63, 3.8) is 0 Å². The number of aliphatic hydroxyl groups is 1. The molecule has 1 amide bonds. The van der Waals surface area contributed by atoms with Crippen LogP contribution in [0.5, 0.6) is 11.5 Å². The molecular weight excluding hydrogens is 475 g/mol. The zero-order valence-electron chi connectivity index (χ0n) is 26.0. The van der Waals surface area contributed by atoms with Crippen LogP contribution in [0, 0.1) is 0 Å². The summed E-state index contributed by atoms with van der Waals surface area (Å²) in [6.45, 7) is -5.75. The highest BCUT2D eigenvalue weighted by atomic mass is 19.4. The standard InChI is InChI=1S/C26H34F3N3O4/c1-17(31-9-12-35-22-5-3-4-6-23(22)36-16-26(27,28)29)13-19-14-20-8-11-32(10-7-18(2)33)24(20)21(15-19)25(30)34/h3-6,14-15,17-18,31,33H,7-13,16H2,1-2H3,(H2,30,34)/t17-,18?/m1/s1/i9D2,12D2,16D2. The first kappa shape index (κ1) is 20.1. The number of halogens is 3. The lowest BCUT2D eigenvalue weighted by Crippen LogP contribution is -2.32. The molecular formula is C26H34F3N3O4. The van der Waals surface area contributed by atoms with Gasteiger partial charge in [-0.15, -0.1) is 0 Å². The number of nitrogens with two attached hydrogens (primary N) is 1. The number of ether oxygens (including phenoxy) is 2. The van der Waals surface area contributed by atoms with Gasteiger partial charge in [-0.3, -0.25) is 4.79 Å². The van der Waals surface area contributed by atoms with Gasteiger partial charge in [0, 0.05) is 28.4 Å². The molecule has 1 unspecified atom stereocenters. The summed E-state index contributed by atoms with van der Waals surface area (Å²) in [5.74, 6) is -2.06. The molecule has 4 N–H and O–H groups in total. The smallest absolute Gasteiger partial charge is 0.422 e. The minimum absolute atomic E-state index is 0.155. The average Bonchev–Trinajstić information content (AvgIpc) is 3.24. The Morgan fingerprint density at radius 2 is 1.94 bits per heavy atom. The topological polar surface area (TPSA) is 97.1 Å². The molecule has 1 aliphatic rings. The largest absolute Gasteiger partial charge is 0.488 e. The third kappa shape index (κ3) is 8.03. The minimum atomic E-state index is -5.40. The second-order valence-electron chi connectivity index (χ2n) is 8.62. The Hall–Kier alpha value is -2.98. The highest BCUT2D eigenvalue weighted by Crippen LogP contribution is 2.34. The van der Waals surface area contributed by atoms with Gasteiger partial charge in [0.05, 0.1) is 22.8 Å². The van der Waals surface area contributed by atoms with Gasteiger partial charge in [0.25, 0.3) is 5.91 Å². The number of nitrogens with zero attached hydrogens (tertiary/aromatic N) is 1. The van der Waals surface area contributed by atoms with Crippen LogP contribution in [0.4, 0.5) is 18.9 Å². The number of fused-ring (bicyclic) bond motifs is 1. The lowest BCUT2D eigenvalue weighted by molar-refractivity contribution is -0.153. The SMILES string of the molecule is [2H]C([2H])(N[C@H](C)Cc1cc2c(c(C(N)=O)c1)N(CCC(C)O)CC2)C([2H])([2H])Oc1ccccc1OC([2H])([2H])C(F)(F)F. The van der Waals surface area contributed by atoms with Crippen molar-refractivity contribution in [2.45, 2.75) is 51.4 Å². The fraction of sp³-hybridized carbons (Fsp3) is 0.500. The van der Waals surface area contributed by atoms with E-state index in [9.17, 15) is 23.1 Å². The van der Waals surface area contributed by atoms with Crippen LogP contribution in [0.1, 0.15) is 50.0 Å². The predicted molar refractivity (Wildman–Crippen MR) is 132 cm³/mol. The fourth-order valence-corrected chi connectivity index (χ4v) is 3.93. The summed E-state index contributed by atoms with van der Waals surface area (Å²) in [7, 11) is 0. The summed E-state index contributed by atoms with van der Waals surface area (Å²) in [5, 5.41) is 12.1. The molecule has 0 fully saturated rings. The van der Waals surface area contributed by atoms with Crippen molar-refractivity contribution in [1.29, 1.82) is 0 Å². The van der Waals surface area contributed by atoms with E-state index >= 15 is 0 Å².